The van der Waals surface area contributed by atoms with Crippen molar-refractivity contribution in [1.82, 2.24) is 5.32 Å². The van der Waals surface area contributed by atoms with Crippen LogP contribution in [0.1, 0.15) is 31.2 Å². The molecule has 2 aliphatic rings. The minimum atomic E-state index is 0.707. The van der Waals surface area contributed by atoms with Gasteiger partial charge in [0.1, 0.15) is 6.07 Å². The molecule has 0 bridgehead atoms. The number of halogens is 1. The molecule has 0 aliphatic carbocycles. The third kappa shape index (κ3) is 2.77. The number of piperidine rings is 1. The fourth-order valence-electron chi connectivity index (χ4n) is 3.52. The van der Waals surface area contributed by atoms with Crippen LogP contribution in [0.25, 0.3) is 0 Å². The minimum absolute atomic E-state index is 0.707. The summed E-state index contributed by atoms with van der Waals surface area (Å²) >= 11 is 6.08. The van der Waals surface area contributed by atoms with Crippen LogP contribution in [0.4, 0.5) is 5.69 Å². The molecule has 2 aliphatic heterocycles. The van der Waals surface area contributed by atoms with E-state index >= 15 is 0 Å². The van der Waals surface area contributed by atoms with Crippen LogP contribution in [0.5, 0.6) is 0 Å². The van der Waals surface area contributed by atoms with E-state index in [1.54, 1.807) is 6.07 Å². The van der Waals surface area contributed by atoms with Crippen LogP contribution < -0.4 is 10.2 Å². The molecule has 0 saturated carbocycles. The second-order valence-corrected chi connectivity index (χ2v) is 6.24. The number of nitrogens with one attached hydrogen (secondary N) is 1. The van der Waals surface area contributed by atoms with E-state index in [1.807, 2.05) is 12.1 Å². The number of rotatable bonds is 2. The second-order valence-electron chi connectivity index (χ2n) is 5.80. The minimum Gasteiger partial charge on any atom is -0.370 e. The largest absolute Gasteiger partial charge is 0.370 e. The molecule has 2 fully saturated rings. The van der Waals surface area contributed by atoms with E-state index in [0.29, 0.717) is 11.1 Å². The maximum Gasteiger partial charge on any atom is 0.101 e. The lowest BCUT2D eigenvalue weighted by Crippen LogP contribution is -2.41. The molecule has 0 radical (unpaired) electrons. The van der Waals surface area contributed by atoms with Crippen LogP contribution in [0, 0.1) is 17.2 Å². The first kappa shape index (κ1) is 13.7. The van der Waals surface area contributed by atoms with Crippen molar-refractivity contribution in [3.63, 3.8) is 0 Å². The predicted octanol–water partition coefficient (Wildman–Crippen LogP) is 3.18. The van der Waals surface area contributed by atoms with Gasteiger partial charge in [0.05, 0.1) is 11.3 Å². The molecule has 0 aromatic heterocycles. The molecule has 0 amide bonds. The normalized spacial score (nSPS) is 23.8. The van der Waals surface area contributed by atoms with Gasteiger partial charge in [0.15, 0.2) is 0 Å². The summed E-state index contributed by atoms with van der Waals surface area (Å²) in [6.07, 6.45) is 5.05. The Bertz CT molecular complexity index is 509. The molecule has 1 aromatic rings. The first-order valence-corrected chi connectivity index (χ1v) is 7.83. The Hall–Kier alpha value is -1.24. The van der Waals surface area contributed by atoms with Crippen LogP contribution in [-0.4, -0.2) is 25.7 Å². The molecule has 0 spiro atoms. The van der Waals surface area contributed by atoms with Gasteiger partial charge < -0.3 is 10.2 Å². The fourth-order valence-corrected chi connectivity index (χ4v) is 3.68. The Morgan fingerprint density at radius 1 is 1.25 bits per heavy atom. The highest BCUT2D eigenvalue weighted by Crippen LogP contribution is 2.31. The van der Waals surface area contributed by atoms with Gasteiger partial charge in [-0.25, -0.2) is 0 Å². The zero-order chi connectivity index (χ0) is 13.9. The van der Waals surface area contributed by atoms with Crippen molar-refractivity contribution >= 4 is 17.3 Å². The molecule has 3 rings (SSSR count). The van der Waals surface area contributed by atoms with Crippen LogP contribution >= 0.6 is 11.6 Å². The molecule has 2 saturated heterocycles. The van der Waals surface area contributed by atoms with Gasteiger partial charge >= 0.3 is 0 Å². The summed E-state index contributed by atoms with van der Waals surface area (Å²) in [4.78, 5) is 2.32. The lowest BCUT2D eigenvalue weighted by Gasteiger charge is -2.36. The second kappa shape index (κ2) is 6.03. The molecule has 20 heavy (non-hydrogen) atoms. The molecule has 4 heteroatoms. The average Bonchev–Trinajstić information content (AvgIpc) is 3.02. The van der Waals surface area contributed by atoms with E-state index in [0.717, 1.165) is 30.3 Å². The number of hydrogen-bond acceptors (Lipinski definition) is 3. The summed E-state index contributed by atoms with van der Waals surface area (Å²) in [5, 5.41) is 13.6. The molecule has 1 N–H and O–H groups in total. The maximum atomic E-state index is 9.23. The van der Waals surface area contributed by atoms with Crippen LogP contribution in [-0.2, 0) is 0 Å². The highest BCUT2D eigenvalue weighted by Gasteiger charge is 2.28. The van der Waals surface area contributed by atoms with Gasteiger partial charge in [-0.15, -0.1) is 0 Å². The number of anilines is 1. The van der Waals surface area contributed by atoms with Crippen molar-refractivity contribution in [2.75, 3.05) is 24.5 Å². The number of nitrogens with zero attached hydrogens (tertiary/aromatic N) is 2. The third-order valence-corrected chi connectivity index (χ3v) is 4.86. The van der Waals surface area contributed by atoms with Crippen molar-refractivity contribution in [3.05, 3.63) is 28.8 Å². The van der Waals surface area contributed by atoms with Crippen molar-refractivity contribution in [3.8, 4) is 6.07 Å². The molecule has 1 aromatic carbocycles. The summed E-state index contributed by atoms with van der Waals surface area (Å²) in [5.41, 5.74) is 1.73. The molecule has 1 unspecified atom stereocenters. The van der Waals surface area contributed by atoms with E-state index in [2.05, 4.69) is 16.3 Å². The van der Waals surface area contributed by atoms with E-state index in [9.17, 15) is 5.26 Å². The SMILES string of the molecule is N#Cc1ccc(Cl)cc1N1CCC(C2CCCN2)CC1. The summed E-state index contributed by atoms with van der Waals surface area (Å²) < 4.78 is 0. The lowest BCUT2D eigenvalue weighted by atomic mass is 9.88. The Morgan fingerprint density at radius 3 is 2.70 bits per heavy atom. The molecular weight excluding hydrogens is 270 g/mol. The molecule has 3 nitrogen and oxygen atoms in total. The van der Waals surface area contributed by atoms with Crippen molar-refractivity contribution < 1.29 is 0 Å². The zero-order valence-corrected chi connectivity index (χ0v) is 12.4. The van der Waals surface area contributed by atoms with Gasteiger partial charge in [-0.1, -0.05) is 11.6 Å². The molecule has 2 heterocycles. The third-order valence-electron chi connectivity index (χ3n) is 4.63. The first-order valence-electron chi connectivity index (χ1n) is 7.46. The van der Waals surface area contributed by atoms with E-state index in [1.165, 1.54) is 32.2 Å². The van der Waals surface area contributed by atoms with Crippen molar-refractivity contribution in [1.29, 1.82) is 5.26 Å². The summed E-state index contributed by atoms with van der Waals surface area (Å²) in [5.74, 6) is 0.790. The molecule has 1 atom stereocenters. The summed E-state index contributed by atoms with van der Waals surface area (Å²) in [7, 11) is 0. The van der Waals surface area contributed by atoms with Gasteiger partial charge in [0.2, 0.25) is 0 Å². The number of hydrogen-bond donors (Lipinski definition) is 1. The van der Waals surface area contributed by atoms with Gasteiger partial charge in [-0.05, 0) is 56.3 Å². The number of benzene rings is 1. The quantitative estimate of drug-likeness (QED) is 0.909. The Kier molecular flexibility index (Phi) is 4.14. The van der Waals surface area contributed by atoms with Gasteiger partial charge in [-0.2, -0.15) is 5.26 Å². The van der Waals surface area contributed by atoms with Crippen molar-refractivity contribution in [2.45, 2.75) is 31.7 Å². The fraction of sp³-hybridized carbons (Fsp3) is 0.562. The zero-order valence-electron chi connectivity index (χ0n) is 11.6. The van der Waals surface area contributed by atoms with Crippen molar-refractivity contribution in [2.24, 2.45) is 5.92 Å². The molecular formula is C16H20ClN3. The van der Waals surface area contributed by atoms with Crippen LogP contribution in [0.15, 0.2) is 18.2 Å². The topological polar surface area (TPSA) is 39.1 Å². The van der Waals surface area contributed by atoms with E-state index in [4.69, 9.17) is 11.6 Å². The predicted molar refractivity (Wildman–Crippen MR) is 82.1 cm³/mol. The first-order chi connectivity index (χ1) is 9.78. The van der Waals surface area contributed by atoms with Crippen LogP contribution in [0.2, 0.25) is 5.02 Å². The Labute approximate surface area is 125 Å². The van der Waals surface area contributed by atoms with E-state index in [-0.39, 0.29) is 0 Å². The highest BCUT2D eigenvalue weighted by atomic mass is 35.5. The highest BCUT2D eigenvalue weighted by molar-refractivity contribution is 6.30. The van der Waals surface area contributed by atoms with Gasteiger partial charge in [0.25, 0.3) is 0 Å². The van der Waals surface area contributed by atoms with E-state index < -0.39 is 0 Å². The van der Waals surface area contributed by atoms with Gasteiger partial charge in [0, 0.05) is 24.2 Å². The smallest absolute Gasteiger partial charge is 0.101 e. The maximum absolute atomic E-state index is 9.23. The number of nitriles is 1. The molecule has 106 valence electrons. The Morgan fingerprint density at radius 2 is 2.05 bits per heavy atom. The Balaban J connectivity index is 1.69. The standard InChI is InChI=1S/C16H20ClN3/c17-14-4-3-13(11-18)16(10-14)20-8-5-12(6-9-20)15-2-1-7-19-15/h3-4,10,12,15,19H,1-2,5-9H2. The summed E-state index contributed by atoms with van der Waals surface area (Å²) in [6.45, 7) is 3.23. The van der Waals surface area contributed by atoms with Crippen LogP contribution in [0.3, 0.4) is 0 Å². The average molecular weight is 290 g/mol. The lowest BCUT2D eigenvalue weighted by molar-refractivity contribution is 0.319. The summed E-state index contributed by atoms with van der Waals surface area (Å²) in [6, 6.07) is 8.53. The van der Waals surface area contributed by atoms with Gasteiger partial charge in [-0.3, -0.25) is 0 Å². The monoisotopic (exact) mass is 289 g/mol.